The summed E-state index contributed by atoms with van der Waals surface area (Å²) in [5.41, 5.74) is 4.32. The van der Waals surface area contributed by atoms with Crippen LogP contribution in [0.5, 0.6) is 5.75 Å². The van der Waals surface area contributed by atoms with Crippen molar-refractivity contribution in [1.82, 2.24) is 4.90 Å². The van der Waals surface area contributed by atoms with Gasteiger partial charge in [-0.3, -0.25) is 9.69 Å². The Morgan fingerprint density at radius 1 is 1.13 bits per heavy atom. The van der Waals surface area contributed by atoms with Gasteiger partial charge in [-0.05, 0) is 56.7 Å². The minimum atomic E-state index is -0.575. The van der Waals surface area contributed by atoms with Crippen LogP contribution in [0.25, 0.3) is 0 Å². The summed E-state index contributed by atoms with van der Waals surface area (Å²) in [5, 5.41) is 13.4. The number of aliphatic hydroxyl groups excluding tert-OH is 1. The summed E-state index contributed by atoms with van der Waals surface area (Å²) in [6, 6.07) is 14.9. The second kappa shape index (κ2) is 8.66. The van der Waals surface area contributed by atoms with Crippen molar-refractivity contribution in [2.45, 2.75) is 45.4 Å². The summed E-state index contributed by atoms with van der Waals surface area (Å²) in [5.74, 6) is 0.699. The average Bonchev–Trinajstić information content (AvgIpc) is 3.09. The molecule has 0 bridgehead atoms. The Morgan fingerprint density at radius 3 is 2.53 bits per heavy atom. The van der Waals surface area contributed by atoms with Crippen molar-refractivity contribution in [2.75, 3.05) is 36.5 Å². The number of aryl methyl sites for hydroxylation is 1. The number of anilines is 2. The van der Waals surface area contributed by atoms with Crippen molar-refractivity contribution in [1.29, 1.82) is 0 Å². The quantitative estimate of drug-likeness (QED) is 0.768. The lowest BCUT2D eigenvalue weighted by Gasteiger charge is -2.46. The molecule has 2 heterocycles. The maximum Gasteiger partial charge on any atom is 0.228 e. The van der Waals surface area contributed by atoms with E-state index in [1.54, 1.807) is 0 Å². The van der Waals surface area contributed by atoms with Crippen LogP contribution in [0.2, 0.25) is 0 Å². The molecular formula is C24H31N3O3. The molecule has 30 heavy (non-hydrogen) atoms. The molecule has 0 spiro atoms. The fraction of sp³-hybridized carbons (Fsp3) is 0.458. The maximum atomic E-state index is 11.5. The molecule has 1 saturated heterocycles. The summed E-state index contributed by atoms with van der Waals surface area (Å²) in [6.07, 6.45) is -0.191. The van der Waals surface area contributed by atoms with Crippen molar-refractivity contribution < 1.29 is 14.6 Å². The molecule has 2 aromatic rings. The summed E-state index contributed by atoms with van der Waals surface area (Å²) in [7, 11) is 0. The molecule has 2 aromatic carbocycles. The van der Waals surface area contributed by atoms with Gasteiger partial charge in [0.15, 0.2) is 0 Å². The molecule has 3 atom stereocenters. The predicted molar refractivity (Wildman–Crippen MR) is 119 cm³/mol. The normalized spacial score (nSPS) is 22.5. The SMILES string of the molecule is Cc1ccc(N2CC(C)N(C[C@H](O)COc3ccc4c(c3)CC(=O)N4)[C@H](C)C2)cc1. The van der Waals surface area contributed by atoms with E-state index in [9.17, 15) is 9.90 Å². The molecule has 6 nitrogen and oxygen atoms in total. The predicted octanol–water partition coefficient (Wildman–Crippen LogP) is 2.83. The standard InChI is InChI=1S/C24H31N3O3/c1-16-4-6-20(7-5-16)26-12-17(2)27(18(3)13-26)14-21(28)15-30-22-8-9-23-19(10-22)11-24(29)25-23/h4-10,17-18,21,28H,11-15H2,1-3H3,(H,25,29)/t17-,18?,21+/m1/s1. The van der Waals surface area contributed by atoms with Gasteiger partial charge in [0.05, 0.1) is 6.42 Å². The highest BCUT2D eigenvalue weighted by molar-refractivity contribution is 5.99. The molecule has 1 fully saturated rings. The first-order valence-electron chi connectivity index (χ1n) is 10.7. The number of hydrogen-bond donors (Lipinski definition) is 2. The molecule has 2 N–H and O–H groups in total. The number of hydrogen-bond acceptors (Lipinski definition) is 5. The number of carbonyl (C=O) groups is 1. The van der Waals surface area contributed by atoms with Crippen LogP contribution in [-0.4, -0.2) is 60.3 Å². The van der Waals surface area contributed by atoms with Crippen molar-refractivity contribution in [3.8, 4) is 5.75 Å². The van der Waals surface area contributed by atoms with Gasteiger partial charge in [0.25, 0.3) is 0 Å². The van der Waals surface area contributed by atoms with E-state index in [1.165, 1.54) is 11.3 Å². The van der Waals surface area contributed by atoms with E-state index >= 15 is 0 Å². The van der Waals surface area contributed by atoms with Gasteiger partial charge in [-0.1, -0.05) is 17.7 Å². The Hall–Kier alpha value is -2.57. The average molecular weight is 410 g/mol. The number of aliphatic hydroxyl groups is 1. The molecule has 0 radical (unpaired) electrons. The Balaban J connectivity index is 1.30. The van der Waals surface area contributed by atoms with Crippen LogP contribution >= 0.6 is 0 Å². The number of ether oxygens (including phenoxy) is 1. The Morgan fingerprint density at radius 2 is 1.83 bits per heavy atom. The molecule has 2 aliphatic rings. The van der Waals surface area contributed by atoms with Gasteiger partial charge >= 0.3 is 0 Å². The Kier molecular flexibility index (Phi) is 5.97. The number of fused-ring (bicyclic) bond motifs is 1. The molecule has 2 aliphatic heterocycles. The Labute approximate surface area is 178 Å². The van der Waals surface area contributed by atoms with Crippen LogP contribution in [0.1, 0.15) is 25.0 Å². The maximum absolute atomic E-state index is 11.5. The van der Waals surface area contributed by atoms with Gasteiger partial charge < -0.3 is 20.1 Å². The zero-order valence-corrected chi connectivity index (χ0v) is 18.0. The number of nitrogens with one attached hydrogen (secondary N) is 1. The third-order valence-corrected chi connectivity index (χ3v) is 6.07. The lowest BCUT2D eigenvalue weighted by Crippen LogP contribution is -2.58. The van der Waals surface area contributed by atoms with E-state index < -0.39 is 6.10 Å². The number of rotatable bonds is 6. The molecule has 0 saturated carbocycles. The summed E-state index contributed by atoms with van der Waals surface area (Å²) >= 11 is 0. The first-order chi connectivity index (χ1) is 14.4. The van der Waals surface area contributed by atoms with Gasteiger partial charge in [-0.2, -0.15) is 0 Å². The zero-order valence-electron chi connectivity index (χ0n) is 18.0. The summed E-state index contributed by atoms with van der Waals surface area (Å²) in [4.78, 5) is 16.3. The molecule has 6 heteroatoms. The van der Waals surface area contributed by atoms with Gasteiger partial charge in [0.2, 0.25) is 5.91 Å². The summed E-state index contributed by atoms with van der Waals surface area (Å²) < 4.78 is 5.82. The minimum absolute atomic E-state index is 0.00920. The topological polar surface area (TPSA) is 65.0 Å². The third kappa shape index (κ3) is 4.60. The van der Waals surface area contributed by atoms with Crippen LogP contribution < -0.4 is 15.0 Å². The number of β-amino-alcohol motifs (C(OH)–C–C–N with tert-alkyl or cyclic N) is 1. The lowest BCUT2D eigenvalue weighted by atomic mass is 10.1. The van der Waals surface area contributed by atoms with E-state index in [1.807, 2.05) is 18.2 Å². The zero-order chi connectivity index (χ0) is 21.3. The number of benzene rings is 2. The first kappa shape index (κ1) is 20.7. The second-order valence-corrected chi connectivity index (χ2v) is 8.64. The fourth-order valence-corrected chi connectivity index (χ4v) is 4.47. The van der Waals surface area contributed by atoms with E-state index in [4.69, 9.17) is 4.74 Å². The number of amides is 1. The van der Waals surface area contributed by atoms with Crippen LogP contribution in [0.15, 0.2) is 42.5 Å². The van der Waals surface area contributed by atoms with Crippen LogP contribution in [0.4, 0.5) is 11.4 Å². The first-order valence-corrected chi connectivity index (χ1v) is 10.7. The van der Waals surface area contributed by atoms with Crippen molar-refractivity contribution >= 4 is 17.3 Å². The highest BCUT2D eigenvalue weighted by Crippen LogP contribution is 2.27. The molecule has 1 unspecified atom stereocenters. The van der Waals surface area contributed by atoms with Crippen molar-refractivity contribution in [3.05, 3.63) is 53.6 Å². The third-order valence-electron chi connectivity index (χ3n) is 6.07. The highest BCUT2D eigenvalue weighted by Gasteiger charge is 2.31. The van der Waals surface area contributed by atoms with Crippen LogP contribution in [-0.2, 0) is 11.2 Å². The molecule has 4 rings (SSSR count). The molecule has 160 valence electrons. The van der Waals surface area contributed by atoms with Crippen molar-refractivity contribution in [3.63, 3.8) is 0 Å². The fourth-order valence-electron chi connectivity index (χ4n) is 4.47. The molecule has 1 amide bonds. The largest absolute Gasteiger partial charge is 0.491 e. The Bertz CT molecular complexity index is 887. The van der Waals surface area contributed by atoms with Gasteiger partial charge in [-0.15, -0.1) is 0 Å². The smallest absolute Gasteiger partial charge is 0.228 e. The van der Waals surface area contributed by atoms with Gasteiger partial charge in [0.1, 0.15) is 18.5 Å². The van der Waals surface area contributed by atoms with E-state index in [0.717, 1.165) is 24.3 Å². The lowest BCUT2D eigenvalue weighted by molar-refractivity contribution is -0.115. The van der Waals surface area contributed by atoms with E-state index in [-0.39, 0.29) is 12.5 Å². The highest BCUT2D eigenvalue weighted by atomic mass is 16.5. The van der Waals surface area contributed by atoms with Crippen molar-refractivity contribution in [2.24, 2.45) is 0 Å². The molecule has 0 aliphatic carbocycles. The van der Waals surface area contributed by atoms with E-state index in [2.05, 4.69) is 60.2 Å². The summed E-state index contributed by atoms with van der Waals surface area (Å²) in [6.45, 7) is 9.23. The van der Waals surface area contributed by atoms with Gasteiger partial charge in [-0.25, -0.2) is 0 Å². The second-order valence-electron chi connectivity index (χ2n) is 8.64. The number of nitrogens with zero attached hydrogens (tertiary/aromatic N) is 2. The monoisotopic (exact) mass is 409 g/mol. The van der Waals surface area contributed by atoms with Crippen LogP contribution in [0, 0.1) is 6.92 Å². The number of carbonyl (C=O) groups excluding carboxylic acids is 1. The molecule has 0 aromatic heterocycles. The number of piperazine rings is 1. The van der Waals surface area contributed by atoms with E-state index in [0.29, 0.717) is 30.8 Å². The van der Waals surface area contributed by atoms with Gasteiger partial charge in [0, 0.05) is 43.1 Å². The van der Waals surface area contributed by atoms with Crippen LogP contribution in [0.3, 0.4) is 0 Å². The minimum Gasteiger partial charge on any atom is -0.491 e. The molecular weight excluding hydrogens is 378 g/mol.